The fourth-order valence-corrected chi connectivity index (χ4v) is 3.84. The molecule has 1 fully saturated rings. The molecule has 2 heterocycles. The van der Waals surface area contributed by atoms with Gasteiger partial charge in [-0.05, 0) is 56.2 Å². The minimum absolute atomic E-state index is 0.0932. The van der Waals surface area contributed by atoms with Crippen molar-refractivity contribution in [2.75, 3.05) is 18.8 Å². The molecule has 8 nitrogen and oxygen atoms in total. The van der Waals surface area contributed by atoms with Gasteiger partial charge in [0.15, 0.2) is 6.19 Å². The van der Waals surface area contributed by atoms with Crippen molar-refractivity contribution in [3.8, 4) is 28.9 Å². The fraction of sp³-hybridized carbons (Fsp3) is 0.261. The van der Waals surface area contributed by atoms with Gasteiger partial charge in [0.2, 0.25) is 0 Å². The smallest absolute Gasteiger partial charge is 0.254 e. The molecule has 0 radical (unpaired) electrons. The van der Waals surface area contributed by atoms with Crippen LogP contribution in [-0.4, -0.2) is 33.7 Å². The standard InChI is InChI=1S/C23H24N6O2/c1-15-4-8-18(9-5-15)31-19-10-6-16(7-11-19)21-20(23(26)30)22(25)29(27-21)17-3-2-12-28(13-17)14-24/h4-11,17H,2-3,12-13,25H2,1H3,(H2,26,30). The first kappa shape index (κ1) is 20.3. The molecule has 1 amide bonds. The molecule has 1 aromatic heterocycles. The molecule has 1 aliphatic heterocycles. The number of anilines is 1. The predicted molar refractivity (Wildman–Crippen MR) is 117 cm³/mol. The molecule has 1 unspecified atom stereocenters. The SMILES string of the molecule is Cc1ccc(Oc2ccc(-c3nn(C4CCCN(C#N)C4)c(N)c3C(N)=O)cc2)cc1. The van der Waals surface area contributed by atoms with E-state index in [9.17, 15) is 10.1 Å². The number of likely N-dealkylation sites (tertiary alicyclic amines) is 1. The first-order chi connectivity index (χ1) is 15.0. The van der Waals surface area contributed by atoms with Gasteiger partial charge < -0.3 is 21.1 Å². The summed E-state index contributed by atoms with van der Waals surface area (Å²) >= 11 is 0. The molecule has 1 atom stereocenters. The summed E-state index contributed by atoms with van der Waals surface area (Å²) in [7, 11) is 0. The van der Waals surface area contributed by atoms with Crippen molar-refractivity contribution in [1.82, 2.24) is 14.7 Å². The van der Waals surface area contributed by atoms with Crippen LogP contribution in [0.3, 0.4) is 0 Å². The summed E-state index contributed by atoms with van der Waals surface area (Å²) < 4.78 is 7.51. The van der Waals surface area contributed by atoms with Crippen molar-refractivity contribution >= 4 is 11.7 Å². The number of carbonyl (C=O) groups is 1. The molecular weight excluding hydrogens is 392 g/mol. The number of piperidine rings is 1. The van der Waals surface area contributed by atoms with Crippen LogP contribution in [0.2, 0.25) is 0 Å². The van der Waals surface area contributed by atoms with Crippen LogP contribution in [0.15, 0.2) is 48.5 Å². The second-order valence-corrected chi connectivity index (χ2v) is 7.70. The van der Waals surface area contributed by atoms with E-state index in [1.807, 2.05) is 55.5 Å². The molecule has 4 N–H and O–H groups in total. The third-order valence-corrected chi connectivity index (χ3v) is 5.46. The van der Waals surface area contributed by atoms with Crippen LogP contribution < -0.4 is 16.2 Å². The number of primary amides is 1. The molecule has 158 valence electrons. The molecule has 0 bridgehead atoms. The highest BCUT2D eigenvalue weighted by Gasteiger charge is 2.28. The van der Waals surface area contributed by atoms with Crippen LogP contribution in [0.1, 0.15) is 34.8 Å². The summed E-state index contributed by atoms with van der Waals surface area (Å²) in [6.07, 6.45) is 3.85. The van der Waals surface area contributed by atoms with E-state index in [1.54, 1.807) is 9.58 Å². The van der Waals surface area contributed by atoms with Gasteiger partial charge in [-0.1, -0.05) is 17.7 Å². The minimum atomic E-state index is -0.633. The van der Waals surface area contributed by atoms with Gasteiger partial charge in [-0.3, -0.25) is 4.79 Å². The average Bonchev–Trinajstić information content (AvgIpc) is 3.13. The average molecular weight is 416 g/mol. The Balaban J connectivity index is 1.63. The molecule has 31 heavy (non-hydrogen) atoms. The first-order valence-corrected chi connectivity index (χ1v) is 10.1. The Hall–Kier alpha value is -3.99. The normalized spacial score (nSPS) is 16.0. The predicted octanol–water partition coefficient (Wildman–Crippen LogP) is 3.45. The van der Waals surface area contributed by atoms with E-state index in [2.05, 4.69) is 11.3 Å². The summed E-state index contributed by atoms with van der Waals surface area (Å²) in [5, 5.41) is 13.9. The summed E-state index contributed by atoms with van der Waals surface area (Å²) in [4.78, 5) is 13.8. The maximum absolute atomic E-state index is 12.2. The highest BCUT2D eigenvalue weighted by Crippen LogP contribution is 2.33. The van der Waals surface area contributed by atoms with E-state index >= 15 is 0 Å². The number of aromatic nitrogens is 2. The lowest BCUT2D eigenvalue weighted by Gasteiger charge is -2.29. The second-order valence-electron chi connectivity index (χ2n) is 7.70. The van der Waals surface area contributed by atoms with Gasteiger partial charge in [0.1, 0.15) is 28.6 Å². The fourth-order valence-electron chi connectivity index (χ4n) is 3.84. The Bertz CT molecular complexity index is 1130. The number of carbonyl (C=O) groups excluding carboxylic acids is 1. The van der Waals surface area contributed by atoms with Crippen LogP contribution in [0, 0.1) is 18.4 Å². The number of aryl methyl sites for hydroxylation is 1. The van der Waals surface area contributed by atoms with Crippen molar-refractivity contribution in [2.45, 2.75) is 25.8 Å². The Morgan fingerprint density at radius 3 is 2.42 bits per heavy atom. The minimum Gasteiger partial charge on any atom is -0.457 e. The van der Waals surface area contributed by atoms with E-state index in [0.717, 1.165) is 24.2 Å². The molecular formula is C23H24N6O2. The largest absolute Gasteiger partial charge is 0.457 e. The highest BCUT2D eigenvalue weighted by molar-refractivity contribution is 6.03. The molecule has 0 aliphatic carbocycles. The van der Waals surface area contributed by atoms with Gasteiger partial charge >= 0.3 is 0 Å². The van der Waals surface area contributed by atoms with Crippen molar-refractivity contribution in [3.63, 3.8) is 0 Å². The van der Waals surface area contributed by atoms with Gasteiger partial charge in [-0.2, -0.15) is 10.4 Å². The molecule has 2 aromatic carbocycles. The van der Waals surface area contributed by atoms with Gasteiger partial charge in [0, 0.05) is 12.1 Å². The number of rotatable bonds is 5. The lowest BCUT2D eigenvalue weighted by molar-refractivity contribution is 0.100. The van der Waals surface area contributed by atoms with Crippen molar-refractivity contribution in [3.05, 3.63) is 59.7 Å². The molecule has 8 heteroatoms. The van der Waals surface area contributed by atoms with Crippen molar-refractivity contribution in [2.24, 2.45) is 5.73 Å². The quantitative estimate of drug-likeness (QED) is 0.614. The van der Waals surface area contributed by atoms with Gasteiger partial charge in [0.25, 0.3) is 5.91 Å². The molecule has 0 saturated carbocycles. The number of nitriles is 1. The van der Waals surface area contributed by atoms with Crippen LogP contribution in [0.5, 0.6) is 11.5 Å². The van der Waals surface area contributed by atoms with Crippen LogP contribution >= 0.6 is 0 Å². The summed E-state index contributed by atoms with van der Waals surface area (Å²) in [5.41, 5.74) is 14.4. The third kappa shape index (κ3) is 4.16. The number of hydrogen-bond acceptors (Lipinski definition) is 6. The molecule has 1 saturated heterocycles. The van der Waals surface area contributed by atoms with Gasteiger partial charge in [0.05, 0.1) is 12.6 Å². The first-order valence-electron chi connectivity index (χ1n) is 10.1. The lowest BCUT2D eigenvalue weighted by Crippen LogP contribution is -2.34. The zero-order chi connectivity index (χ0) is 22.0. The Kier molecular flexibility index (Phi) is 5.50. The second kappa shape index (κ2) is 8.40. The van der Waals surface area contributed by atoms with Gasteiger partial charge in [-0.15, -0.1) is 0 Å². The zero-order valence-corrected chi connectivity index (χ0v) is 17.3. The number of nitrogens with two attached hydrogens (primary N) is 2. The summed E-state index contributed by atoms with van der Waals surface area (Å²) in [6.45, 7) is 3.24. The molecule has 1 aliphatic rings. The van der Waals surface area contributed by atoms with Gasteiger partial charge in [-0.25, -0.2) is 4.68 Å². The third-order valence-electron chi connectivity index (χ3n) is 5.46. The van der Waals surface area contributed by atoms with E-state index in [1.165, 1.54) is 0 Å². The Morgan fingerprint density at radius 2 is 1.81 bits per heavy atom. The number of hydrogen-bond donors (Lipinski definition) is 2. The van der Waals surface area contributed by atoms with Crippen molar-refractivity contribution < 1.29 is 9.53 Å². The van der Waals surface area contributed by atoms with Crippen LogP contribution in [-0.2, 0) is 0 Å². The van der Waals surface area contributed by atoms with Crippen LogP contribution in [0.4, 0.5) is 5.82 Å². The van der Waals surface area contributed by atoms with Crippen LogP contribution in [0.25, 0.3) is 11.3 Å². The lowest BCUT2D eigenvalue weighted by atomic mass is 10.1. The molecule has 0 spiro atoms. The van der Waals surface area contributed by atoms with E-state index < -0.39 is 5.91 Å². The van der Waals surface area contributed by atoms with Crippen molar-refractivity contribution in [1.29, 1.82) is 5.26 Å². The highest BCUT2D eigenvalue weighted by atomic mass is 16.5. The maximum Gasteiger partial charge on any atom is 0.254 e. The molecule has 3 aromatic rings. The van der Waals surface area contributed by atoms with E-state index in [-0.39, 0.29) is 17.4 Å². The van der Waals surface area contributed by atoms with E-state index in [4.69, 9.17) is 16.2 Å². The topological polar surface area (TPSA) is 123 Å². The Labute approximate surface area is 180 Å². The number of nitrogens with zero attached hydrogens (tertiary/aromatic N) is 4. The number of nitrogen functional groups attached to an aromatic ring is 1. The van der Waals surface area contributed by atoms with E-state index in [0.29, 0.717) is 30.1 Å². The molecule has 4 rings (SSSR count). The number of benzene rings is 2. The number of ether oxygens (including phenoxy) is 1. The Morgan fingerprint density at radius 1 is 1.16 bits per heavy atom. The summed E-state index contributed by atoms with van der Waals surface area (Å²) in [5.74, 6) is 1.00. The maximum atomic E-state index is 12.2. The monoisotopic (exact) mass is 416 g/mol. The zero-order valence-electron chi connectivity index (χ0n) is 17.3. The summed E-state index contributed by atoms with van der Waals surface area (Å²) in [6, 6.07) is 15.0. The number of amides is 1.